The molecule has 5 aromatic rings. The molecule has 36 heavy (non-hydrogen) atoms. The number of methoxy groups -OCH3 is 1. The summed E-state index contributed by atoms with van der Waals surface area (Å²) in [6.45, 7) is 5.92. The number of aromatic nitrogens is 5. The molecular formula is C25H26N6O4S. The number of rotatable bonds is 5. The second-order valence-corrected chi connectivity index (χ2v) is 11.2. The number of imidazole rings is 2. The van der Waals surface area contributed by atoms with Crippen LogP contribution in [-0.4, -0.2) is 44.9 Å². The highest BCUT2D eigenvalue weighted by molar-refractivity contribution is 7.90. The van der Waals surface area contributed by atoms with E-state index in [2.05, 4.69) is 14.7 Å². The number of hydrogen-bond acceptors (Lipinski definition) is 6. The standard InChI is InChI=1S/C25H26N6O4S/c1-25(2,3)16-6-9-20(35-5)21(14-16)36(33,34)28-23(32)18-8-7-17-19(15-29(4)22(17)27-18)31-13-12-30-11-10-26-24(30)31/h6-15H,1-5H3,(H,28,32). The van der Waals surface area contributed by atoms with Gasteiger partial charge in [0.15, 0.2) is 0 Å². The second kappa shape index (κ2) is 8.23. The zero-order valence-electron chi connectivity index (χ0n) is 20.6. The highest BCUT2D eigenvalue weighted by Gasteiger charge is 2.26. The van der Waals surface area contributed by atoms with Crippen LogP contribution in [0.3, 0.4) is 0 Å². The van der Waals surface area contributed by atoms with Gasteiger partial charge in [0.05, 0.1) is 12.8 Å². The Morgan fingerprint density at radius 1 is 1.08 bits per heavy atom. The summed E-state index contributed by atoms with van der Waals surface area (Å²) in [6, 6.07) is 8.19. The SMILES string of the molecule is COc1ccc(C(C)(C)C)cc1S(=O)(=O)NC(=O)c1ccc2c(-n3ccn4ccnc34)cn(C)c2n1. The number of pyridine rings is 1. The number of benzene rings is 1. The lowest BCUT2D eigenvalue weighted by molar-refractivity contribution is 0.0977. The fourth-order valence-corrected chi connectivity index (χ4v) is 5.29. The quantitative estimate of drug-likeness (QED) is 0.391. The lowest BCUT2D eigenvalue weighted by Crippen LogP contribution is -2.31. The Bertz CT molecular complexity index is 1740. The first-order valence-corrected chi connectivity index (χ1v) is 12.7. The Morgan fingerprint density at radius 2 is 1.86 bits per heavy atom. The van der Waals surface area contributed by atoms with Crippen LogP contribution in [0.25, 0.3) is 22.5 Å². The maximum atomic E-state index is 13.2. The Hall–Kier alpha value is -4.12. The van der Waals surface area contributed by atoms with Crippen molar-refractivity contribution in [2.45, 2.75) is 31.1 Å². The van der Waals surface area contributed by atoms with Gasteiger partial charge < -0.3 is 9.30 Å². The number of nitrogens with zero attached hydrogens (tertiary/aromatic N) is 5. The van der Waals surface area contributed by atoms with Crippen molar-refractivity contribution in [1.29, 1.82) is 0 Å². The van der Waals surface area contributed by atoms with Gasteiger partial charge in [0.1, 0.15) is 22.0 Å². The molecule has 0 bridgehead atoms. The van der Waals surface area contributed by atoms with Crippen LogP contribution in [-0.2, 0) is 22.5 Å². The van der Waals surface area contributed by atoms with Crippen LogP contribution in [0.1, 0.15) is 36.8 Å². The summed E-state index contributed by atoms with van der Waals surface area (Å²) in [4.78, 5) is 21.8. The zero-order valence-corrected chi connectivity index (χ0v) is 21.4. The van der Waals surface area contributed by atoms with Crippen molar-refractivity contribution in [2.24, 2.45) is 7.05 Å². The first-order valence-electron chi connectivity index (χ1n) is 11.2. The van der Waals surface area contributed by atoms with Crippen molar-refractivity contribution in [2.75, 3.05) is 7.11 Å². The molecule has 10 nitrogen and oxygen atoms in total. The van der Waals surface area contributed by atoms with Gasteiger partial charge in [0, 0.05) is 43.4 Å². The van der Waals surface area contributed by atoms with Crippen LogP contribution in [0, 0.1) is 0 Å². The third-order valence-corrected chi connectivity index (χ3v) is 7.43. The molecule has 11 heteroatoms. The minimum atomic E-state index is -4.23. The molecule has 4 heterocycles. The number of ether oxygens (including phenoxy) is 1. The van der Waals surface area contributed by atoms with E-state index in [0.29, 0.717) is 5.65 Å². The second-order valence-electron chi connectivity index (χ2n) is 9.55. The van der Waals surface area contributed by atoms with E-state index < -0.39 is 15.9 Å². The number of aryl methyl sites for hydroxylation is 1. The molecule has 1 aromatic carbocycles. The molecule has 0 aliphatic heterocycles. The summed E-state index contributed by atoms with van der Waals surface area (Å²) in [7, 11) is -1.03. The van der Waals surface area contributed by atoms with Crippen LogP contribution in [0.4, 0.5) is 0 Å². The summed E-state index contributed by atoms with van der Waals surface area (Å²) in [6.07, 6.45) is 9.23. The van der Waals surface area contributed by atoms with E-state index in [4.69, 9.17) is 4.74 Å². The van der Waals surface area contributed by atoms with Gasteiger partial charge in [-0.1, -0.05) is 26.8 Å². The van der Waals surface area contributed by atoms with Crippen LogP contribution in [0.15, 0.2) is 66.2 Å². The number of carbonyl (C=O) groups is 1. The van der Waals surface area contributed by atoms with Gasteiger partial charge in [-0.25, -0.2) is 23.1 Å². The molecule has 5 rings (SSSR count). The van der Waals surface area contributed by atoms with E-state index in [1.54, 1.807) is 22.9 Å². The normalized spacial score (nSPS) is 12.4. The number of fused-ring (bicyclic) bond motifs is 2. The van der Waals surface area contributed by atoms with Gasteiger partial charge in [-0.05, 0) is 35.2 Å². The van der Waals surface area contributed by atoms with Gasteiger partial charge in [-0.2, -0.15) is 0 Å². The molecule has 0 atom stereocenters. The summed E-state index contributed by atoms with van der Waals surface area (Å²) >= 11 is 0. The summed E-state index contributed by atoms with van der Waals surface area (Å²) in [5, 5.41) is 0.789. The average Bonchev–Trinajstić information content (AvgIpc) is 3.52. The fourth-order valence-electron chi connectivity index (χ4n) is 4.13. The van der Waals surface area contributed by atoms with Gasteiger partial charge in [-0.3, -0.25) is 13.8 Å². The van der Waals surface area contributed by atoms with Crippen LogP contribution in [0.2, 0.25) is 0 Å². The van der Waals surface area contributed by atoms with Gasteiger partial charge in [-0.15, -0.1) is 0 Å². The molecule has 0 saturated carbocycles. The third-order valence-electron chi connectivity index (χ3n) is 6.08. The Balaban J connectivity index is 1.50. The molecule has 4 aromatic heterocycles. The largest absolute Gasteiger partial charge is 0.495 e. The van der Waals surface area contributed by atoms with E-state index >= 15 is 0 Å². The molecule has 0 fully saturated rings. The molecule has 0 saturated heterocycles. The molecule has 0 spiro atoms. The average molecular weight is 507 g/mol. The zero-order chi connectivity index (χ0) is 25.8. The van der Waals surface area contributed by atoms with E-state index in [0.717, 1.165) is 22.4 Å². The van der Waals surface area contributed by atoms with Gasteiger partial charge >= 0.3 is 0 Å². The third kappa shape index (κ3) is 3.91. The smallest absolute Gasteiger partial charge is 0.283 e. The Labute approximate surface area is 208 Å². The van der Waals surface area contributed by atoms with E-state index in [1.807, 2.05) is 67.6 Å². The Morgan fingerprint density at radius 3 is 2.58 bits per heavy atom. The summed E-state index contributed by atoms with van der Waals surface area (Å²) in [5.74, 6) is 0.0529. The molecule has 1 N–H and O–H groups in total. The molecule has 0 aliphatic carbocycles. The molecule has 0 aliphatic rings. The molecular weight excluding hydrogens is 480 g/mol. The predicted octanol–water partition coefficient (Wildman–Crippen LogP) is 3.44. The lowest BCUT2D eigenvalue weighted by Gasteiger charge is -2.21. The van der Waals surface area contributed by atoms with Crippen molar-refractivity contribution in [3.63, 3.8) is 0 Å². The minimum Gasteiger partial charge on any atom is -0.495 e. The highest BCUT2D eigenvalue weighted by Crippen LogP contribution is 2.31. The van der Waals surface area contributed by atoms with Crippen molar-refractivity contribution < 1.29 is 17.9 Å². The highest BCUT2D eigenvalue weighted by atomic mass is 32.2. The first kappa shape index (κ1) is 23.6. The van der Waals surface area contributed by atoms with Crippen LogP contribution >= 0.6 is 0 Å². The van der Waals surface area contributed by atoms with Gasteiger partial charge in [0.2, 0.25) is 5.78 Å². The van der Waals surface area contributed by atoms with Crippen molar-refractivity contribution in [3.05, 3.63) is 72.6 Å². The summed E-state index contributed by atoms with van der Waals surface area (Å²) in [5.41, 5.74) is 1.84. The van der Waals surface area contributed by atoms with E-state index in [9.17, 15) is 13.2 Å². The van der Waals surface area contributed by atoms with Crippen molar-refractivity contribution >= 4 is 32.7 Å². The molecule has 0 radical (unpaired) electrons. The van der Waals surface area contributed by atoms with Crippen LogP contribution < -0.4 is 9.46 Å². The maximum Gasteiger partial charge on any atom is 0.283 e. The first-order chi connectivity index (χ1) is 17.0. The van der Waals surface area contributed by atoms with Crippen LogP contribution in [0.5, 0.6) is 5.75 Å². The van der Waals surface area contributed by atoms with Crippen molar-refractivity contribution in [1.82, 2.24) is 28.2 Å². The molecule has 1 amide bonds. The van der Waals surface area contributed by atoms with E-state index in [-0.39, 0.29) is 21.8 Å². The number of nitrogens with one attached hydrogen (secondary N) is 1. The minimum absolute atomic E-state index is 0.0248. The number of sulfonamides is 1. The number of hydrogen-bond donors (Lipinski definition) is 1. The van der Waals surface area contributed by atoms with E-state index in [1.165, 1.54) is 19.2 Å². The number of carbonyl (C=O) groups excluding carboxylic acids is 1. The summed E-state index contributed by atoms with van der Waals surface area (Å²) < 4.78 is 39.4. The predicted molar refractivity (Wildman–Crippen MR) is 135 cm³/mol. The molecule has 0 unspecified atom stereocenters. The maximum absolute atomic E-state index is 13.2. The molecule has 186 valence electrons. The number of amides is 1. The fraction of sp³-hybridized carbons (Fsp3) is 0.240. The Kier molecular flexibility index (Phi) is 5.40. The van der Waals surface area contributed by atoms with Gasteiger partial charge in [0.25, 0.3) is 15.9 Å². The topological polar surface area (TPSA) is 113 Å². The lowest BCUT2D eigenvalue weighted by atomic mass is 9.87. The van der Waals surface area contributed by atoms with Crippen molar-refractivity contribution in [3.8, 4) is 11.4 Å². The monoisotopic (exact) mass is 506 g/mol.